The summed E-state index contributed by atoms with van der Waals surface area (Å²) in [5.74, 6) is 0. The van der Waals surface area contributed by atoms with Crippen molar-refractivity contribution in [2.45, 2.75) is 27.7 Å². The van der Waals surface area contributed by atoms with Crippen LogP contribution in [0.25, 0.3) is 110 Å². The van der Waals surface area contributed by atoms with Crippen LogP contribution in [-0.4, -0.2) is 0 Å². The first-order valence-electron chi connectivity index (χ1n) is 26.4. The fourth-order valence-electron chi connectivity index (χ4n) is 11.9. The Morgan fingerprint density at radius 2 is 0.571 bits per heavy atom. The predicted octanol–water partition coefficient (Wildman–Crippen LogP) is 21.2. The summed E-state index contributed by atoms with van der Waals surface area (Å²) in [7, 11) is 0. The first-order chi connectivity index (χ1) is 37.9. The lowest BCUT2D eigenvalue weighted by atomic mass is 9.98. The summed E-state index contributed by atoms with van der Waals surface area (Å²) >= 11 is 0. The molecule has 77 heavy (non-hydrogen) atoms. The monoisotopic (exact) mass is 990 g/mol. The van der Waals surface area contributed by atoms with Crippen molar-refractivity contribution in [2.24, 2.45) is 0 Å². The number of fused-ring (bicyclic) bond motifs is 13. The maximum absolute atomic E-state index is 7.30. The summed E-state index contributed by atoms with van der Waals surface area (Å²) in [6.07, 6.45) is 0. The Labute approximate surface area is 445 Å². The van der Waals surface area contributed by atoms with Gasteiger partial charge >= 0.3 is 0 Å². The molecule has 366 valence electrons. The van der Waals surface area contributed by atoms with Crippen molar-refractivity contribution < 1.29 is 13.3 Å². The number of nitrogens with zero attached hydrogens (tertiary/aromatic N) is 2. The van der Waals surface area contributed by atoms with Crippen LogP contribution in [0, 0.1) is 27.7 Å². The van der Waals surface area contributed by atoms with E-state index >= 15 is 0 Å². The molecule has 0 aliphatic heterocycles. The third kappa shape index (κ3) is 6.94. The molecule has 5 nitrogen and oxygen atoms in total. The first-order valence-corrected chi connectivity index (χ1v) is 26.4. The van der Waals surface area contributed by atoms with Gasteiger partial charge in [-0.15, -0.1) is 0 Å². The molecule has 0 amide bonds. The molecule has 0 saturated heterocycles. The second-order valence-corrected chi connectivity index (χ2v) is 20.6. The van der Waals surface area contributed by atoms with Crippen molar-refractivity contribution in [3.05, 3.63) is 253 Å². The molecule has 0 spiro atoms. The lowest BCUT2D eigenvalue weighted by Crippen LogP contribution is -2.11. The number of aryl methyl sites for hydroxylation is 4. The minimum Gasteiger partial charge on any atom is -0.455 e. The van der Waals surface area contributed by atoms with Gasteiger partial charge < -0.3 is 23.1 Å². The van der Waals surface area contributed by atoms with E-state index in [1.54, 1.807) is 0 Å². The molecule has 12 aromatic carbocycles. The highest BCUT2D eigenvalue weighted by molar-refractivity contribution is 6.26. The third-order valence-corrected chi connectivity index (χ3v) is 16.1. The number of hydrogen-bond donors (Lipinski definition) is 0. The molecule has 3 aromatic heterocycles. The second-order valence-electron chi connectivity index (χ2n) is 20.6. The molecule has 0 radical (unpaired) electrons. The van der Waals surface area contributed by atoms with Crippen LogP contribution in [0.2, 0.25) is 0 Å². The molecule has 0 fully saturated rings. The Bertz CT molecular complexity index is 4560. The van der Waals surface area contributed by atoms with Gasteiger partial charge in [-0.1, -0.05) is 182 Å². The fourth-order valence-corrected chi connectivity index (χ4v) is 11.9. The first kappa shape index (κ1) is 44.6. The molecule has 3 heterocycles. The average Bonchev–Trinajstić information content (AvgIpc) is 4.35. The maximum atomic E-state index is 7.30. The lowest BCUT2D eigenvalue weighted by Gasteiger charge is -2.28. The van der Waals surface area contributed by atoms with Gasteiger partial charge in [0.1, 0.15) is 22.3 Å². The van der Waals surface area contributed by atoms with E-state index in [4.69, 9.17) is 13.3 Å². The van der Waals surface area contributed by atoms with Gasteiger partial charge in [-0.05, 0) is 110 Å². The molecular formula is C72H50N2O3. The average molecular weight is 991 g/mol. The van der Waals surface area contributed by atoms with Gasteiger partial charge in [-0.2, -0.15) is 0 Å². The van der Waals surface area contributed by atoms with Gasteiger partial charge in [0.2, 0.25) is 0 Å². The van der Waals surface area contributed by atoms with Crippen molar-refractivity contribution in [3.63, 3.8) is 0 Å². The van der Waals surface area contributed by atoms with Crippen LogP contribution >= 0.6 is 0 Å². The van der Waals surface area contributed by atoms with E-state index in [0.29, 0.717) is 0 Å². The van der Waals surface area contributed by atoms with Crippen molar-refractivity contribution in [1.29, 1.82) is 0 Å². The summed E-state index contributed by atoms with van der Waals surface area (Å²) in [6.45, 7) is 8.73. The van der Waals surface area contributed by atoms with Gasteiger partial charge in [-0.3, -0.25) is 0 Å². The molecule has 5 heteroatoms. The maximum Gasteiger partial charge on any atom is 0.159 e. The zero-order valence-corrected chi connectivity index (χ0v) is 43.1. The lowest BCUT2D eigenvalue weighted by molar-refractivity contribution is 0.670. The highest BCUT2D eigenvalue weighted by Gasteiger charge is 2.28. The predicted molar refractivity (Wildman–Crippen MR) is 322 cm³/mol. The van der Waals surface area contributed by atoms with E-state index in [1.165, 1.54) is 22.3 Å². The third-order valence-electron chi connectivity index (χ3n) is 16.1. The molecule has 0 atom stereocenters. The van der Waals surface area contributed by atoms with Crippen LogP contribution in [0.1, 0.15) is 22.3 Å². The highest BCUT2D eigenvalue weighted by Crippen LogP contribution is 2.52. The quantitative estimate of drug-likeness (QED) is 0.152. The SMILES string of the molecule is Cc1ccc(N(c2cc3c4cc(N(c5ccc(C)c(C)c5)c5cccc6c5oc5c(-c7ccccc7)cccc56)c5ccccc5c4oc3c3ccccc23)c2cccc3c2oc2c(-c4ccccc4)cccc23)cc1C. The fraction of sp³-hybridized carbons (Fsp3) is 0.0556. The molecule has 0 N–H and O–H groups in total. The summed E-state index contributed by atoms with van der Waals surface area (Å²) in [6, 6.07) is 82.6. The van der Waals surface area contributed by atoms with E-state index in [9.17, 15) is 0 Å². The van der Waals surface area contributed by atoms with Gasteiger partial charge in [-0.25, -0.2) is 0 Å². The topological polar surface area (TPSA) is 45.9 Å². The molecule has 15 rings (SSSR count). The van der Waals surface area contributed by atoms with Crippen LogP contribution < -0.4 is 9.80 Å². The van der Waals surface area contributed by atoms with Crippen LogP contribution in [0.4, 0.5) is 34.1 Å². The van der Waals surface area contributed by atoms with Crippen molar-refractivity contribution in [3.8, 4) is 22.3 Å². The number of furan rings is 3. The molecule has 0 aliphatic carbocycles. The largest absolute Gasteiger partial charge is 0.455 e. The highest BCUT2D eigenvalue weighted by atomic mass is 16.3. The second kappa shape index (κ2) is 17.4. The number of benzene rings is 12. The molecule has 0 saturated carbocycles. The smallest absolute Gasteiger partial charge is 0.159 e. The molecule has 0 unspecified atom stereocenters. The van der Waals surface area contributed by atoms with E-state index < -0.39 is 0 Å². The van der Waals surface area contributed by atoms with Crippen LogP contribution in [0.5, 0.6) is 0 Å². The summed E-state index contributed by atoms with van der Waals surface area (Å²) in [5, 5.41) is 10.4. The van der Waals surface area contributed by atoms with E-state index in [2.05, 4.69) is 268 Å². The van der Waals surface area contributed by atoms with E-state index in [0.717, 1.165) is 144 Å². The van der Waals surface area contributed by atoms with E-state index in [1.807, 2.05) is 0 Å². The molecule has 15 aromatic rings. The van der Waals surface area contributed by atoms with Gasteiger partial charge in [0.05, 0.1) is 22.7 Å². The van der Waals surface area contributed by atoms with E-state index in [-0.39, 0.29) is 0 Å². The van der Waals surface area contributed by atoms with Gasteiger partial charge in [0, 0.05) is 76.4 Å². The van der Waals surface area contributed by atoms with Crippen LogP contribution in [0.15, 0.2) is 244 Å². The van der Waals surface area contributed by atoms with Gasteiger partial charge in [0.15, 0.2) is 11.2 Å². The van der Waals surface area contributed by atoms with Crippen molar-refractivity contribution in [1.82, 2.24) is 0 Å². The zero-order chi connectivity index (χ0) is 51.5. The Morgan fingerprint density at radius 3 is 0.987 bits per heavy atom. The molecule has 0 bridgehead atoms. The van der Waals surface area contributed by atoms with Crippen molar-refractivity contribution in [2.75, 3.05) is 9.80 Å². The Kier molecular flexibility index (Phi) is 10.1. The molecular weight excluding hydrogens is 941 g/mol. The minimum absolute atomic E-state index is 0.818. The van der Waals surface area contributed by atoms with Gasteiger partial charge in [0.25, 0.3) is 0 Å². The minimum atomic E-state index is 0.818. The normalized spacial score (nSPS) is 11.9. The molecule has 0 aliphatic rings. The van der Waals surface area contributed by atoms with Crippen LogP contribution in [0.3, 0.4) is 0 Å². The Morgan fingerprint density at radius 1 is 0.234 bits per heavy atom. The number of para-hydroxylation sites is 4. The Balaban J connectivity index is 1.02. The standard InChI is InChI=1S/C72H50N2O3/c1-43-35-37-49(39-45(43)3)73(63-33-17-31-59-57-29-15-27-51(67(57)76-71(59)63)47-19-7-5-8-20-47)65-41-61-62-42-66(54-24-12-14-26-56(54)70(62)75-69(61)55-25-13-11-23-53(55)65)74(50-38-36-44(2)46(4)40-50)64-34-18-32-60-58-30-16-28-52(68(58)77-72(60)64)48-21-9-6-10-22-48/h5-42H,1-4H3. The number of hydrogen-bond acceptors (Lipinski definition) is 5. The summed E-state index contributed by atoms with van der Waals surface area (Å²) in [4.78, 5) is 4.80. The van der Waals surface area contributed by atoms with Crippen LogP contribution in [-0.2, 0) is 0 Å². The number of rotatable bonds is 8. The van der Waals surface area contributed by atoms with Crippen molar-refractivity contribution >= 4 is 121 Å². The summed E-state index contributed by atoms with van der Waals surface area (Å²) in [5.41, 5.74) is 20.2. The number of anilines is 6. The zero-order valence-electron chi connectivity index (χ0n) is 43.1. The summed E-state index contributed by atoms with van der Waals surface area (Å²) < 4.78 is 21.7. The Hall–Kier alpha value is -9.84.